The van der Waals surface area contributed by atoms with E-state index in [0.717, 1.165) is 16.9 Å². The first-order valence-corrected chi connectivity index (χ1v) is 10.9. The predicted octanol–water partition coefficient (Wildman–Crippen LogP) is 0.296. The molecule has 0 saturated carbocycles. The van der Waals surface area contributed by atoms with Gasteiger partial charge in [-0.3, -0.25) is 0 Å². The molecule has 9 heteroatoms. The van der Waals surface area contributed by atoms with Gasteiger partial charge in [-0.1, -0.05) is 30.0 Å². The molecular weight excluding hydrogens is 402 g/mol. The van der Waals surface area contributed by atoms with E-state index >= 15 is 0 Å². The van der Waals surface area contributed by atoms with Gasteiger partial charge in [0, 0.05) is 12.1 Å². The number of aliphatic hydroxyl groups excluding tert-OH is 3. The first kappa shape index (κ1) is 21.0. The second-order valence-electron chi connectivity index (χ2n) is 6.44. The summed E-state index contributed by atoms with van der Waals surface area (Å²) in [6.07, 6.45) is -5.73. The van der Waals surface area contributed by atoms with E-state index in [-0.39, 0.29) is 10.8 Å². The number of rotatable bonds is 4. The Labute approximate surface area is 167 Å². The summed E-state index contributed by atoms with van der Waals surface area (Å²) in [5.41, 5.74) is 0.830. The smallest absolute Gasteiger partial charge is 0.250 e. The molecule has 0 aliphatic carbocycles. The molecule has 1 aromatic heterocycles. The Morgan fingerprint density at radius 1 is 1.04 bits per heavy atom. The highest BCUT2D eigenvalue weighted by Crippen LogP contribution is 2.23. The van der Waals surface area contributed by atoms with Gasteiger partial charge in [-0.05, 0) is 31.2 Å². The molecule has 5 atom stereocenters. The molecular formula is C19H21NO6S2. The van der Waals surface area contributed by atoms with Crippen molar-refractivity contribution in [2.45, 2.75) is 41.7 Å². The van der Waals surface area contributed by atoms with Crippen molar-refractivity contribution in [2.24, 2.45) is 0 Å². The van der Waals surface area contributed by atoms with Gasteiger partial charge in [-0.15, -0.1) is 11.3 Å². The quantitative estimate of drug-likeness (QED) is 0.526. The lowest BCUT2D eigenvalue weighted by Crippen LogP contribution is -2.59. The van der Waals surface area contributed by atoms with E-state index in [0.29, 0.717) is 4.88 Å². The molecule has 0 amide bonds. The van der Waals surface area contributed by atoms with E-state index in [1.807, 2.05) is 30.3 Å². The fourth-order valence-corrected chi connectivity index (χ4v) is 5.00. The molecule has 1 aliphatic rings. The fourth-order valence-electron chi connectivity index (χ4n) is 2.76. The van der Waals surface area contributed by atoms with Crippen molar-refractivity contribution in [2.75, 3.05) is 6.54 Å². The van der Waals surface area contributed by atoms with Crippen molar-refractivity contribution in [3.8, 4) is 11.8 Å². The molecule has 3 rings (SSSR count). The highest BCUT2D eigenvalue weighted by atomic mass is 32.2. The molecule has 0 bridgehead atoms. The van der Waals surface area contributed by atoms with Gasteiger partial charge >= 0.3 is 0 Å². The second-order valence-corrected chi connectivity index (χ2v) is 9.52. The summed E-state index contributed by atoms with van der Waals surface area (Å²) < 4.78 is 32.9. The normalized spacial score (nSPS) is 27.8. The monoisotopic (exact) mass is 423 g/mol. The minimum absolute atomic E-state index is 0.0868. The largest absolute Gasteiger partial charge is 0.388 e. The highest BCUT2D eigenvalue weighted by molar-refractivity contribution is 7.91. The molecule has 2 aromatic rings. The van der Waals surface area contributed by atoms with Gasteiger partial charge in [-0.2, -0.15) is 0 Å². The van der Waals surface area contributed by atoms with Crippen LogP contribution in [-0.4, -0.2) is 60.8 Å². The van der Waals surface area contributed by atoms with Crippen LogP contribution in [-0.2, 0) is 14.8 Å². The van der Waals surface area contributed by atoms with E-state index in [1.54, 1.807) is 6.07 Å². The molecule has 0 radical (unpaired) electrons. The molecule has 28 heavy (non-hydrogen) atoms. The van der Waals surface area contributed by atoms with Gasteiger partial charge in [0.05, 0.1) is 11.0 Å². The summed E-state index contributed by atoms with van der Waals surface area (Å²) in [6.45, 7) is 1.30. The topological polar surface area (TPSA) is 116 Å². The van der Waals surface area contributed by atoms with Crippen LogP contribution in [0, 0.1) is 11.8 Å². The Bertz CT molecular complexity index is 963. The molecule has 2 heterocycles. The first-order valence-electron chi connectivity index (χ1n) is 8.64. The maximum Gasteiger partial charge on any atom is 0.250 e. The zero-order valence-electron chi connectivity index (χ0n) is 15.0. The van der Waals surface area contributed by atoms with Gasteiger partial charge < -0.3 is 20.1 Å². The van der Waals surface area contributed by atoms with Crippen LogP contribution in [0.5, 0.6) is 0 Å². The lowest BCUT2D eigenvalue weighted by atomic mass is 9.96. The summed E-state index contributed by atoms with van der Waals surface area (Å²) in [5, 5.41) is 29.5. The molecule has 0 unspecified atom stereocenters. The Morgan fingerprint density at radius 3 is 2.46 bits per heavy atom. The lowest BCUT2D eigenvalue weighted by Gasteiger charge is -2.39. The minimum Gasteiger partial charge on any atom is -0.388 e. The number of sulfonamides is 1. The molecule has 150 valence electrons. The van der Waals surface area contributed by atoms with Gasteiger partial charge in [0.15, 0.2) is 0 Å². The van der Waals surface area contributed by atoms with Crippen molar-refractivity contribution in [3.05, 3.63) is 52.9 Å². The Balaban J connectivity index is 1.66. The number of ether oxygens (including phenoxy) is 1. The number of benzene rings is 1. The Morgan fingerprint density at radius 2 is 1.75 bits per heavy atom. The van der Waals surface area contributed by atoms with E-state index in [2.05, 4.69) is 16.6 Å². The van der Waals surface area contributed by atoms with E-state index in [9.17, 15) is 23.7 Å². The van der Waals surface area contributed by atoms with Crippen LogP contribution in [0.2, 0.25) is 0 Å². The summed E-state index contributed by atoms with van der Waals surface area (Å²) in [6, 6.07) is 12.4. The average molecular weight is 424 g/mol. The lowest BCUT2D eigenvalue weighted by molar-refractivity contribution is -0.214. The van der Waals surface area contributed by atoms with E-state index in [1.165, 1.54) is 13.0 Å². The Hall–Kier alpha value is -1.77. The van der Waals surface area contributed by atoms with Crippen LogP contribution in [0.25, 0.3) is 0 Å². The number of aliphatic hydroxyl groups is 3. The molecule has 1 saturated heterocycles. The summed E-state index contributed by atoms with van der Waals surface area (Å²) in [7, 11) is -3.83. The van der Waals surface area contributed by atoms with Crippen molar-refractivity contribution in [1.82, 2.24) is 4.72 Å². The van der Waals surface area contributed by atoms with Crippen molar-refractivity contribution >= 4 is 21.4 Å². The SMILES string of the molecule is C[C@@H]1O[C@H](CNS(=O)(=O)c2ccc(C#Cc3ccccc3)s2)[C@@H](O)[C@H](O)[C@@H]1O. The van der Waals surface area contributed by atoms with Crippen molar-refractivity contribution in [3.63, 3.8) is 0 Å². The third-order valence-corrected chi connectivity index (χ3v) is 7.29. The zero-order valence-corrected chi connectivity index (χ0v) is 16.7. The average Bonchev–Trinajstić information content (AvgIpc) is 3.17. The van der Waals surface area contributed by atoms with Crippen LogP contribution in [0.1, 0.15) is 17.4 Å². The standard InChI is InChI=1S/C19H21NO6S2/c1-12-17(21)19(23)18(22)15(26-12)11-20-28(24,25)16-10-9-14(27-16)8-7-13-5-3-2-4-6-13/h2-6,9-10,12,15,17-23H,11H2,1H3/t12-,15+,17+,18+,19+/m0/s1. The summed E-state index contributed by atoms with van der Waals surface area (Å²) in [4.78, 5) is 0.602. The van der Waals surface area contributed by atoms with Gasteiger partial charge in [0.2, 0.25) is 10.0 Å². The van der Waals surface area contributed by atoms with Crippen LogP contribution in [0.4, 0.5) is 0 Å². The molecule has 1 fully saturated rings. The van der Waals surface area contributed by atoms with E-state index in [4.69, 9.17) is 4.74 Å². The highest BCUT2D eigenvalue weighted by Gasteiger charge is 2.41. The molecule has 1 aromatic carbocycles. The van der Waals surface area contributed by atoms with Crippen LogP contribution in [0.15, 0.2) is 46.7 Å². The first-order chi connectivity index (χ1) is 13.3. The molecule has 4 N–H and O–H groups in total. The second kappa shape index (κ2) is 8.71. The predicted molar refractivity (Wildman–Crippen MR) is 104 cm³/mol. The van der Waals surface area contributed by atoms with Gasteiger partial charge in [0.1, 0.15) is 28.6 Å². The zero-order chi connectivity index (χ0) is 20.3. The van der Waals surface area contributed by atoms with Gasteiger partial charge in [0.25, 0.3) is 0 Å². The third kappa shape index (κ3) is 4.79. The molecule has 1 aliphatic heterocycles. The van der Waals surface area contributed by atoms with Crippen molar-refractivity contribution in [1.29, 1.82) is 0 Å². The summed E-state index contributed by atoms with van der Waals surface area (Å²) >= 11 is 1.03. The number of hydrogen-bond acceptors (Lipinski definition) is 7. The maximum atomic E-state index is 12.5. The van der Waals surface area contributed by atoms with E-state index < -0.39 is 40.5 Å². The summed E-state index contributed by atoms with van der Waals surface area (Å²) in [5.74, 6) is 5.90. The number of thiophene rings is 1. The number of nitrogens with one attached hydrogen (secondary N) is 1. The number of hydrogen-bond donors (Lipinski definition) is 4. The van der Waals surface area contributed by atoms with Gasteiger partial charge in [-0.25, -0.2) is 13.1 Å². The molecule has 0 spiro atoms. The maximum absolute atomic E-state index is 12.5. The third-order valence-electron chi connectivity index (χ3n) is 4.38. The minimum atomic E-state index is -3.83. The van der Waals surface area contributed by atoms with Crippen LogP contribution < -0.4 is 4.72 Å². The van der Waals surface area contributed by atoms with Crippen molar-refractivity contribution < 1.29 is 28.5 Å². The fraction of sp³-hybridized carbons (Fsp3) is 0.368. The van der Waals surface area contributed by atoms with Crippen LogP contribution in [0.3, 0.4) is 0 Å². The molecule has 7 nitrogen and oxygen atoms in total. The Kier molecular flexibility index (Phi) is 6.52. The van der Waals surface area contributed by atoms with Crippen LogP contribution >= 0.6 is 11.3 Å².